The lowest BCUT2D eigenvalue weighted by Crippen LogP contribution is -2.36. The molecule has 0 atom stereocenters. The number of amides is 1. The normalized spacial score (nSPS) is 14.7. The second kappa shape index (κ2) is 7.92. The topological polar surface area (TPSA) is 89.3 Å². The number of hydroxylamine groups is 1. The minimum absolute atomic E-state index is 0.0637. The molecule has 2 aromatic heterocycles. The van der Waals surface area contributed by atoms with Crippen molar-refractivity contribution in [2.45, 2.75) is 13.8 Å². The Balaban J connectivity index is 1.58. The van der Waals surface area contributed by atoms with E-state index in [0.29, 0.717) is 37.0 Å². The van der Waals surface area contributed by atoms with E-state index >= 15 is 0 Å². The zero-order chi connectivity index (χ0) is 20.4. The van der Waals surface area contributed by atoms with Crippen LogP contribution in [0.4, 0.5) is 10.2 Å². The molecule has 3 aromatic rings. The third-order valence-electron chi connectivity index (χ3n) is 4.61. The second-order valence-electron chi connectivity index (χ2n) is 6.60. The lowest BCUT2D eigenvalue weighted by molar-refractivity contribution is 0.0725. The van der Waals surface area contributed by atoms with Crippen molar-refractivity contribution >= 4 is 11.7 Å². The first-order chi connectivity index (χ1) is 14.0. The Bertz CT molecular complexity index is 1030. The maximum Gasteiger partial charge on any atom is 0.259 e. The van der Waals surface area contributed by atoms with Gasteiger partial charge in [-0.1, -0.05) is 6.07 Å². The van der Waals surface area contributed by atoms with Crippen LogP contribution in [0.15, 0.2) is 36.8 Å². The Labute approximate surface area is 166 Å². The first-order valence-electron chi connectivity index (χ1n) is 9.20. The molecule has 1 amide bonds. The van der Waals surface area contributed by atoms with Crippen molar-refractivity contribution in [3.8, 4) is 5.69 Å². The molecule has 10 heteroatoms. The summed E-state index contributed by atoms with van der Waals surface area (Å²) in [5.41, 5.74) is 1.10. The van der Waals surface area contributed by atoms with Crippen LogP contribution >= 0.6 is 0 Å². The van der Waals surface area contributed by atoms with Gasteiger partial charge in [-0.3, -0.25) is 9.63 Å². The van der Waals surface area contributed by atoms with Gasteiger partial charge in [-0.25, -0.2) is 19.4 Å². The zero-order valence-corrected chi connectivity index (χ0v) is 16.1. The Morgan fingerprint density at radius 3 is 2.72 bits per heavy atom. The molecule has 29 heavy (non-hydrogen) atoms. The largest absolute Gasteiger partial charge is 0.334 e. The van der Waals surface area contributed by atoms with Crippen LogP contribution in [0.5, 0.6) is 0 Å². The molecule has 1 aromatic carbocycles. The van der Waals surface area contributed by atoms with E-state index in [1.165, 1.54) is 29.3 Å². The quantitative estimate of drug-likeness (QED) is 0.665. The van der Waals surface area contributed by atoms with Crippen molar-refractivity contribution in [2.24, 2.45) is 0 Å². The van der Waals surface area contributed by atoms with Gasteiger partial charge >= 0.3 is 0 Å². The average molecular weight is 397 g/mol. The van der Waals surface area contributed by atoms with E-state index in [9.17, 15) is 9.18 Å². The molecule has 1 fully saturated rings. The van der Waals surface area contributed by atoms with Crippen molar-refractivity contribution in [2.75, 3.05) is 31.3 Å². The third-order valence-corrected chi connectivity index (χ3v) is 4.61. The molecule has 1 saturated heterocycles. The molecule has 0 bridgehead atoms. The van der Waals surface area contributed by atoms with Gasteiger partial charge < -0.3 is 4.90 Å². The molecule has 9 nitrogen and oxygen atoms in total. The number of carbonyl (C=O) groups is 1. The number of hydrogen-bond acceptors (Lipinski definition) is 7. The molecule has 0 radical (unpaired) electrons. The van der Waals surface area contributed by atoms with E-state index in [2.05, 4.69) is 20.2 Å². The highest BCUT2D eigenvalue weighted by Crippen LogP contribution is 2.21. The summed E-state index contributed by atoms with van der Waals surface area (Å²) in [7, 11) is 0. The Morgan fingerprint density at radius 1 is 1.14 bits per heavy atom. The van der Waals surface area contributed by atoms with Crippen LogP contribution in [0.3, 0.4) is 0 Å². The molecule has 0 unspecified atom stereocenters. The van der Waals surface area contributed by atoms with Crippen LogP contribution in [0, 0.1) is 19.7 Å². The van der Waals surface area contributed by atoms with Crippen molar-refractivity contribution in [1.29, 1.82) is 0 Å². The highest BCUT2D eigenvalue weighted by atomic mass is 19.1. The van der Waals surface area contributed by atoms with Gasteiger partial charge in [0.05, 0.1) is 25.5 Å². The number of halogens is 1. The molecule has 0 saturated carbocycles. The summed E-state index contributed by atoms with van der Waals surface area (Å²) in [6, 6.07) is 4.40. The van der Waals surface area contributed by atoms with Gasteiger partial charge in [0.25, 0.3) is 5.91 Å². The first-order valence-corrected chi connectivity index (χ1v) is 9.20. The SMILES string of the molecule is Cc1ncc(C)c(N2CCN(C(=O)c3c(F)cccc3-n3nccn3)CCO2)n1. The molecule has 4 rings (SSSR count). The number of nitrogens with zero attached hydrogens (tertiary/aromatic N) is 7. The van der Waals surface area contributed by atoms with Crippen LogP contribution in [0.2, 0.25) is 0 Å². The second-order valence-corrected chi connectivity index (χ2v) is 6.60. The van der Waals surface area contributed by atoms with E-state index in [1.54, 1.807) is 29.2 Å². The van der Waals surface area contributed by atoms with Gasteiger partial charge in [0.1, 0.15) is 22.9 Å². The molecule has 150 valence electrons. The smallest absolute Gasteiger partial charge is 0.259 e. The van der Waals surface area contributed by atoms with Crippen molar-refractivity contribution in [1.82, 2.24) is 29.9 Å². The van der Waals surface area contributed by atoms with Crippen LogP contribution in [-0.4, -0.2) is 62.0 Å². The summed E-state index contributed by atoms with van der Waals surface area (Å²) in [5, 5.41) is 9.71. The number of rotatable bonds is 3. The van der Waals surface area contributed by atoms with Crippen molar-refractivity contribution < 1.29 is 14.0 Å². The summed E-state index contributed by atoms with van der Waals surface area (Å²) in [5.74, 6) is 0.249. The van der Waals surface area contributed by atoms with Gasteiger partial charge in [0, 0.05) is 24.8 Å². The van der Waals surface area contributed by atoms with Gasteiger partial charge in [0.15, 0.2) is 5.82 Å². The average Bonchev–Trinajstić information content (AvgIpc) is 3.14. The zero-order valence-electron chi connectivity index (χ0n) is 16.1. The predicted molar refractivity (Wildman–Crippen MR) is 102 cm³/mol. The molecule has 3 heterocycles. The predicted octanol–water partition coefficient (Wildman–Crippen LogP) is 1.71. The molecule has 1 aliphatic rings. The van der Waals surface area contributed by atoms with Crippen LogP contribution < -0.4 is 5.06 Å². The summed E-state index contributed by atoms with van der Waals surface area (Å²) >= 11 is 0. The van der Waals surface area contributed by atoms with E-state index < -0.39 is 11.7 Å². The fraction of sp³-hybridized carbons (Fsp3) is 0.316. The molecule has 0 N–H and O–H groups in total. The standard InChI is InChI=1S/C19H20FN7O2/c1-13-12-21-14(2)24-18(13)26-9-8-25(10-11-29-26)19(28)17-15(20)4-3-5-16(17)27-22-6-7-23-27/h3-7,12H,8-11H2,1-2H3. The van der Waals surface area contributed by atoms with Gasteiger partial charge in [0.2, 0.25) is 0 Å². The maximum atomic E-state index is 14.6. The van der Waals surface area contributed by atoms with E-state index in [0.717, 1.165) is 5.56 Å². The number of carbonyl (C=O) groups excluding carboxylic acids is 1. The molecule has 1 aliphatic heterocycles. The van der Waals surface area contributed by atoms with Crippen molar-refractivity contribution in [3.63, 3.8) is 0 Å². The minimum atomic E-state index is -0.617. The van der Waals surface area contributed by atoms with Crippen molar-refractivity contribution in [3.05, 3.63) is 59.6 Å². The minimum Gasteiger partial charge on any atom is -0.334 e. The van der Waals surface area contributed by atoms with E-state index in [-0.39, 0.29) is 12.2 Å². The number of hydrogen-bond donors (Lipinski definition) is 0. The summed E-state index contributed by atoms with van der Waals surface area (Å²) < 4.78 is 14.6. The summed E-state index contributed by atoms with van der Waals surface area (Å²) in [6.07, 6.45) is 4.68. The number of anilines is 1. The molecule has 0 spiro atoms. The number of aryl methyl sites for hydroxylation is 2. The van der Waals surface area contributed by atoms with Gasteiger partial charge in [-0.15, -0.1) is 0 Å². The molecular formula is C19H20FN7O2. The van der Waals surface area contributed by atoms with Gasteiger partial charge in [-0.05, 0) is 26.0 Å². The maximum absolute atomic E-state index is 14.6. The molecular weight excluding hydrogens is 377 g/mol. The number of benzene rings is 1. The highest BCUT2D eigenvalue weighted by molar-refractivity contribution is 5.98. The van der Waals surface area contributed by atoms with Crippen LogP contribution in [0.1, 0.15) is 21.7 Å². The van der Waals surface area contributed by atoms with E-state index in [1.807, 2.05) is 6.92 Å². The van der Waals surface area contributed by atoms with Crippen LogP contribution in [0.25, 0.3) is 5.69 Å². The third kappa shape index (κ3) is 3.79. The fourth-order valence-electron chi connectivity index (χ4n) is 3.18. The summed E-state index contributed by atoms with van der Waals surface area (Å²) in [6.45, 7) is 5.03. The number of aromatic nitrogens is 5. The lowest BCUT2D eigenvalue weighted by atomic mass is 10.1. The van der Waals surface area contributed by atoms with Crippen LogP contribution in [-0.2, 0) is 4.84 Å². The van der Waals surface area contributed by atoms with Gasteiger partial charge in [-0.2, -0.15) is 15.0 Å². The fourth-order valence-corrected chi connectivity index (χ4v) is 3.18. The lowest BCUT2D eigenvalue weighted by Gasteiger charge is -2.23. The monoisotopic (exact) mass is 397 g/mol. The molecule has 0 aliphatic carbocycles. The Kier molecular flexibility index (Phi) is 5.17. The summed E-state index contributed by atoms with van der Waals surface area (Å²) in [4.78, 5) is 30.4. The highest BCUT2D eigenvalue weighted by Gasteiger charge is 2.27. The Morgan fingerprint density at radius 2 is 1.93 bits per heavy atom. The first kappa shape index (κ1) is 18.9. The Hall–Kier alpha value is -3.40. The van der Waals surface area contributed by atoms with E-state index in [4.69, 9.17) is 4.84 Å².